The number of aromatic nitrogens is 2. The SMILES string of the molecule is COC1(c2noc(C3CCCNC3)n2)CCCC(C)C1. The zero-order valence-electron chi connectivity index (χ0n) is 12.5. The highest BCUT2D eigenvalue weighted by molar-refractivity contribution is 5.06. The molecule has 2 heterocycles. The molecule has 112 valence electrons. The van der Waals surface area contributed by atoms with Gasteiger partial charge in [-0.15, -0.1) is 0 Å². The van der Waals surface area contributed by atoms with Gasteiger partial charge < -0.3 is 14.6 Å². The van der Waals surface area contributed by atoms with Crippen molar-refractivity contribution in [3.63, 3.8) is 0 Å². The molecule has 1 aromatic heterocycles. The minimum absolute atomic E-state index is 0.332. The molecule has 5 nitrogen and oxygen atoms in total. The van der Waals surface area contributed by atoms with Gasteiger partial charge in [0, 0.05) is 13.7 Å². The second-order valence-electron chi connectivity index (χ2n) is 6.40. The van der Waals surface area contributed by atoms with Crippen LogP contribution in [0.5, 0.6) is 0 Å². The Labute approximate surface area is 120 Å². The summed E-state index contributed by atoms with van der Waals surface area (Å²) in [6.07, 6.45) is 6.73. The average Bonchev–Trinajstić information content (AvgIpc) is 2.98. The summed E-state index contributed by atoms with van der Waals surface area (Å²) >= 11 is 0. The molecule has 2 fully saturated rings. The summed E-state index contributed by atoms with van der Waals surface area (Å²) < 4.78 is 11.4. The highest BCUT2D eigenvalue weighted by Gasteiger charge is 2.41. The van der Waals surface area contributed by atoms with Crippen LogP contribution in [0.2, 0.25) is 0 Å². The van der Waals surface area contributed by atoms with E-state index in [0.717, 1.165) is 44.1 Å². The van der Waals surface area contributed by atoms with E-state index in [-0.39, 0.29) is 5.60 Å². The van der Waals surface area contributed by atoms with E-state index >= 15 is 0 Å². The van der Waals surface area contributed by atoms with Gasteiger partial charge in [0.05, 0.1) is 5.92 Å². The molecule has 20 heavy (non-hydrogen) atoms. The largest absolute Gasteiger partial charge is 0.370 e. The molecular weight excluding hydrogens is 254 g/mol. The summed E-state index contributed by atoms with van der Waals surface area (Å²) in [5, 5.41) is 7.65. The summed E-state index contributed by atoms with van der Waals surface area (Å²) in [5.74, 6) is 2.55. The Kier molecular flexibility index (Phi) is 4.08. The summed E-state index contributed by atoms with van der Waals surface area (Å²) in [6, 6.07) is 0. The molecule has 2 aliphatic rings. The minimum Gasteiger partial charge on any atom is -0.370 e. The second kappa shape index (κ2) is 5.82. The van der Waals surface area contributed by atoms with E-state index in [0.29, 0.717) is 11.8 Å². The first-order chi connectivity index (χ1) is 9.73. The molecule has 5 heteroatoms. The number of methoxy groups -OCH3 is 1. The monoisotopic (exact) mass is 279 g/mol. The molecule has 1 aliphatic heterocycles. The van der Waals surface area contributed by atoms with Crippen LogP contribution in [-0.4, -0.2) is 30.3 Å². The van der Waals surface area contributed by atoms with Crippen LogP contribution in [0.15, 0.2) is 4.52 Å². The quantitative estimate of drug-likeness (QED) is 0.921. The topological polar surface area (TPSA) is 60.2 Å². The van der Waals surface area contributed by atoms with Crippen molar-refractivity contribution in [3.05, 3.63) is 11.7 Å². The van der Waals surface area contributed by atoms with Gasteiger partial charge in [-0.3, -0.25) is 0 Å². The Morgan fingerprint density at radius 1 is 1.35 bits per heavy atom. The zero-order chi connectivity index (χ0) is 14.0. The van der Waals surface area contributed by atoms with Gasteiger partial charge in [-0.2, -0.15) is 4.98 Å². The molecule has 0 amide bonds. The van der Waals surface area contributed by atoms with E-state index in [1.165, 1.54) is 19.3 Å². The Bertz CT molecular complexity index is 442. The van der Waals surface area contributed by atoms with Gasteiger partial charge >= 0.3 is 0 Å². The Balaban J connectivity index is 1.80. The lowest BCUT2D eigenvalue weighted by molar-refractivity contribution is -0.0658. The molecule has 0 spiro atoms. The maximum absolute atomic E-state index is 5.84. The Hall–Kier alpha value is -0.940. The molecule has 1 saturated heterocycles. The van der Waals surface area contributed by atoms with Gasteiger partial charge in [-0.05, 0) is 44.6 Å². The number of ether oxygens (including phenoxy) is 1. The van der Waals surface area contributed by atoms with Gasteiger partial charge in [0.25, 0.3) is 0 Å². The van der Waals surface area contributed by atoms with Gasteiger partial charge in [0.2, 0.25) is 11.7 Å². The fourth-order valence-electron chi connectivity index (χ4n) is 3.63. The number of nitrogens with zero attached hydrogens (tertiary/aromatic N) is 2. The number of hydrogen-bond donors (Lipinski definition) is 1. The van der Waals surface area contributed by atoms with Crippen molar-refractivity contribution in [3.8, 4) is 0 Å². The van der Waals surface area contributed by atoms with Crippen LogP contribution in [0, 0.1) is 5.92 Å². The van der Waals surface area contributed by atoms with E-state index in [1.54, 1.807) is 7.11 Å². The number of hydrogen-bond acceptors (Lipinski definition) is 5. The van der Waals surface area contributed by atoms with E-state index in [9.17, 15) is 0 Å². The molecule has 1 N–H and O–H groups in total. The standard InChI is InChI=1S/C15H25N3O2/c1-11-5-3-7-15(9-11,19-2)14-17-13(20-18-14)12-6-4-8-16-10-12/h11-12,16H,3-10H2,1-2H3. The third-order valence-corrected chi connectivity index (χ3v) is 4.84. The average molecular weight is 279 g/mol. The number of piperidine rings is 1. The fourth-order valence-corrected chi connectivity index (χ4v) is 3.63. The maximum atomic E-state index is 5.84. The van der Waals surface area contributed by atoms with Crippen LogP contribution in [0.4, 0.5) is 0 Å². The second-order valence-corrected chi connectivity index (χ2v) is 6.40. The summed E-state index contributed by atoms with van der Waals surface area (Å²) in [5.41, 5.74) is -0.332. The van der Waals surface area contributed by atoms with Crippen molar-refractivity contribution >= 4 is 0 Å². The smallest absolute Gasteiger partial charge is 0.231 e. The van der Waals surface area contributed by atoms with E-state index in [2.05, 4.69) is 17.4 Å². The van der Waals surface area contributed by atoms with Crippen LogP contribution in [0.1, 0.15) is 63.1 Å². The van der Waals surface area contributed by atoms with Gasteiger partial charge in [0.15, 0.2) is 0 Å². The van der Waals surface area contributed by atoms with Gasteiger partial charge in [0.1, 0.15) is 5.60 Å². The number of nitrogens with one attached hydrogen (secondary N) is 1. The summed E-state index contributed by atoms with van der Waals surface area (Å²) in [4.78, 5) is 4.69. The zero-order valence-corrected chi connectivity index (χ0v) is 12.5. The lowest BCUT2D eigenvalue weighted by Crippen LogP contribution is -2.35. The third-order valence-electron chi connectivity index (χ3n) is 4.84. The van der Waals surface area contributed by atoms with Crippen molar-refractivity contribution in [1.29, 1.82) is 0 Å². The van der Waals surface area contributed by atoms with Crippen molar-refractivity contribution in [2.45, 2.75) is 57.0 Å². The van der Waals surface area contributed by atoms with Crippen LogP contribution in [-0.2, 0) is 10.3 Å². The molecular formula is C15H25N3O2. The molecule has 0 aromatic carbocycles. The molecule has 0 bridgehead atoms. The van der Waals surface area contributed by atoms with E-state index in [4.69, 9.17) is 14.2 Å². The molecule has 3 rings (SSSR count). The molecule has 1 saturated carbocycles. The lowest BCUT2D eigenvalue weighted by atomic mass is 9.78. The fraction of sp³-hybridized carbons (Fsp3) is 0.867. The number of rotatable bonds is 3. The molecule has 3 unspecified atom stereocenters. The van der Waals surface area contributed by atoms with Crippen LogP contribution in [0.25, 0.3) is 0 Å². The normalized spacial score (nSPS) is 35.1. The van der Waals surface area contributed by atoms with Crippen molar-refractivity contribution in [1.82, 2.24) is 15.5 Å². The lowest BCUT2D eigenvalue weighted by Gasteiger charge is -2.36. The maximum Gasteiger partial charge on any atom is 0.231 e. The third kappa shape index (κ3) is 2.61. The molecule has 0 radical (unpaired) electrons. The van der Waals surface area contributed by atoms with E-state index in [1.807, 2.05) is 0 Å². The highest BCUT2D eigenvalue weighted by Crippen LogP contribution is 2.41. The molecule has 3 atom stereocenters. The van der Waals surface area contributed by atoms with Crippen LogP contribution < -0.4 is 5.32 Å². The van der Waals surface area contributed by atoms with Crippen molar-refractivity contribution in [2.24, 2.45) is 5.92 Å². The molecule has 1 aliphatic carbocycles. The highest BCUT2D eigenvalue weighted by atomic mass is 16.5. The predicted molar refractivity (Wildman–Crippen MR) is 75.5 cm³/mol. The van der Waals surface area contributed by atoms with E-state index < -0.39 is 0 Å². The van der Waals surface area contributed by atoms with Crippen molar-refractivity contribution in [2.75, 3.05) is 20.2 Å². The predicted octanol–water partition coefficient (Wildman–Crippen LogP) is 2.59. The minimum atomic E-state index is -0.332. The Morgan fingerprint density at radius 3 is 2.95 bits per heavy atom. The molecule has 1 aromatic rings. The van der Waals surface area contributed by atoms with Crippen LogP contribution >= 0.6 is 0 Å². The van der Waals surface area contributed by atoms with Gasteiger partial charge in [-0.25, -0.2) is 0 Å². The first kappa shape index (κ1) is 14.0. The summed E-state index contributed by atoms with van der Waals surface area (Å²) in [7, 11) is 1.77. The van der Waals surface area contributed by atoms with Gasteiger partial charge in [-0.1, -0.05) is 18.5 Å². The Morgan fingerprint density at radius 2 is 2.25 bits per heavy atom. The first-order valence-electron chi connectivity index (χ1n) is 7.83. The summed E-state index contributed by atoms with van der Waals surface area (Å²) in [6.45, 7) is 4.31. The van der Waals surface area contributed by atoms with Crippen LogP contribution in [0.3, 0.4) is 0 Å². The first-order valence-corrected chi connectivity index (χ1v) is 7.83. The van der Waals surface area contributed by atoms with Crippen molar-refractivity contribution < 1.29 is 9.26 Å².